The van der Waals surface area contributed by atoms with Gasteiger partial charge >= 0.3 is 0 Å². The van der Waals surface area contributed by atoms with Crippen LogP contribution in [0.4, 0.5) is 0 Å². The zero-order valence-corrected chi connectivity index (χ0v) is 45.9. The number of fused-ring (bicyclic) bond motifs is 2. The summed E-state index contributed by atoms with van der Waals surface area (Å²) < 4.78 is 0. The molecule has 0 spiro atoms. The summed E-state index contributed by atoms with van der Waals surface area (Å²) >= 11 is 0. The zero-order valence-electron chi connectivity index (χ0n) is 45.9. The van der Waals surface area contributed by atoms with Crippen molar-refractivity contribution >= 4 is 47.3 Å². The van der Waals surface area contributed by atoms with Crippen molar-refractivity contribution in [2.45, 2.75) is 167 Å². The molecule has 18 nitrogen and oxygen atoms in total. The van der Waals surface area contributed by atoms with Crippen LogP contribution in [0.25, 0.3) is 0 Å². The lowest BCUT2D eigenvalue weighted by atomic mass is 9.85. The topological polar surface area (TPSA) is 239 Å². The standard InChI is InChI=1S/C58H80N10O8/c1-33(59-9)49(69)65-47(57(3,4)5)55(75)67-31-37(29-45(67)53(73)63-43-27-17-21-35-19-11-13-23-39(35)43)61-51(71)41-25-15-16-26-42(41)52(72)62-38-30-46(54(74)64-44-28-18-22-36-20-12-14-24-40(36)44)68(32-38)56(76)48(58(6,7)8)66-50(70)34(2)60-10/h11-16,19-20,23-26,33-34,37-38,43-48,59-60H,17-18,21-22,27-32H2,1-10H3,(H,61,71)(H,62,72)(H,63,73)(H,64,74)(H,65,69)(H,66,70)/t33-,34-,37-,38-,43+,44+,45-,46?,47-,48-/m0/s1. The maximum atomic E-state index is 14.8. The molecule has 76 heavy (non-hydrogen) atoms. The monoisotopic (exact) mass is 1040 g/mol. The minimum Gasteiger partial charge on any atom is -0.347 e. The van der Waals surface area contributed by atoms with E-state index in [1.54, 1.807) is 40.1 Å². The average Bonchev–Trinajstić information content (AvgIpc) is 4.03. The van der Waals surface area contributed by atoms with Gasteiger partial charge in [0.15, 0.2) is 0 Å². The second-order valence-electron chi connectivity index (χ2n) is 23.3. The van der Waals surface area contributed by atoms with E-state index in [1.807, 2.05) is 77.9 Å². The molecule has 7 rings (SSSR count). The van der Waals surface area contributed by atoms with Crippen LogP contribution in [-0.2, 0) is 41.6 Å². The van der Waals surface area contributed by atoms with Crippen molar-refractivity contribution in [3.8, 4) is 0 Å². The third-order valence-corrected chi connectivity index (χ3v) is 15.7. The van der Waals surface area contributed by atoms with Crippen molar-refractivity contribution in [1.82, 2.24) is 52.3 Å². The lowest BCUT2D eigenvalue weighted by Gasteiger charge is -2.36. The van der Waals surface area contributed by atoms with Crippen molar-refractivity contribution < 1.29 is 38.4 Å². The van der Waals surface area contributed by atoms with Crippen LogP contribution in [0.2, 0.25) is 0 Å². The Balaban J connectivity index is 1.12. The summed E-state index contributed by atoms with van der Waals surface area (Å²) in [4.78, 5) is 117. The van der Waals surface area contributed by atoms with Gasteiger partial charge in [-0.05, 0) is 125 Å². The van der Waals surface area contributed by atoms with E-state index in [2.05, 4.69) is 54.7 Å². The fourth-order valence-corrected chi connectivity index (χ4v) is 11.0. The lowest BCUT2D eigenvalue weighted by molar-refractivity contribution is -0.144. The highest BCUT2D eigenvalue weighted by Crippen LogP contribution is 2.34. The molecule has 0 bridgehead atoms. The van der Waals surface area contributed by atoms with Crippen molar-refractivity contribution in [1.29, 1.82) is 0 Å². The Hall–Kier alpha value is -6.66. The van der Waals surface area contributed by atoms with Gasteiger partial charge in [-0.2, -0.15) is 0 Å². The van der Waals surface area contributed by atoms with Gasteiger partial charge in [-0.15, -0.1) is 0 Å². The maximum absolute atomic E-state index is 14.8. The number of likely N-dealkylation sites (N-methyl/N-ethyl adjacent to an activating group) is 2. The van der Waals surface area contributed by atoms with Crippen LogP contribution in [0, 0.1) is 10.8 Å². The van der Waals surface area contributed by atoms with Crippen LogP contribution in [0.5, 0.6) is 0 Å². The van der Waals surface area contributed by atoms with Crippen LogP contribution in [0.3, 0.4) is 0 Å². The predicted molar refractivity (Wildman–Crippen MR) is 290 cm³/mol. The number of hydrogen-bond donors (Lipinski definition) is 8. The highest BCUT2D eigenvalue weighted by atomic mass is 16.2. The van der Waals surface area contributed by atoms with Crippen LogP contribution in [0.15, 0.2) is 72.8 Å². The van der Waals surface area contributed by atoms with Crippen LogP contribution >= 0.6 is 0 Å². The number of carbonyl (C=O) groups is 8. The van der Waals surface area contributed by atoms with Crippen molar-refractivity contribution in [3.63, 3.8) is 0 Å². The Morgan fingerprint density at radius 2 is 0.868 bits per heavy atom. The van der Waals surface area contributed by atoms with Gasteiger partial charge in [0.25, 0.3) is 11.8 Å². The molecule has 18 heteroatoms. The Kier molecular flexibility index (Phi) is 18.1. The molecule has 0 aromatic heterocycles. The van der Waals surface area contributed by atoms with E-state index < -0.39 is 82.8 Å². The molecule has 3 aromatic rings. The van der Waals surface area contributed by atoms with Crippen LogP contribution in [-0.4, -0.2) is 133 Å². The SMILES string of the molecule is CN[C@@H](C)C(=O)N[C@@H](C(=O)N1C[C@@H](NC(=O)c2ccccc2C(=O)N[C@H]2C[C@@H](C(=O)N[C@@H]3CCCc4ccccc43)N(C(=O)[C@H](NC(=O)[C@H](C)NC)C(C)(C)C)C2)CC1C(=O)N[C@@H]1CCCc2ccccc21)C(C)(C)C. The fourth-order valence-electron chi connectivity index (χ4n) is 11.0. The number of amides is 8. The van der Waals surface area contributed by atoms with Crippen molar-refractivity contribution in [3.05, 3.63) is 106 Å². The van der Waals surface area contributed by atoms with Gasteiger partial charge in [-0.25, -0.2) is 0 Å². The first kappa shape index (κ1) is 57.1. The molecule has 410 valence electrons. The third kappa shape index (κ3) is 13.1. The van der Waals surface area contributed by atoms with E-state index in [0.29, 0.717) is 0 Å². The molecule has 0 radical (unpaired) electrons. The lowest BCUT2D eigenvalue weighted by Crippen LogP contribution is -2.59. The van der Waals surface area contributed by atoms with E-state index in [0.717, 1.165) is 60.8 Å². The summed E-state index contributed by atoms with van der Waals surface area (Å²) in [6, 6.07) is 15.0. The molecule has 2 heterocycles. The van der Waals surface area contributed by atoms with Gasteiger partial charge < -0.3 is 52.3 Å². The number of aryl methyl sites for hydroxylation is 2. The number of likely N-dealkylation sites (tertiary alicyclic amines) is 2. The van der Waals surface area contributed by atoms with E-state index in [4.69, 9.17) is 0 Å². The summed E-state index contributed by atoms with van der Waals surface area (Å²) in [7, 11) is 3.30. The summed E-state index contributed by atoms with van der Waals surface area (Å²) in [5.41, 5.74) is 2.91. The predicted octanol–water partition coefficient (Wildman–Crippen LogP) is 3.75. The molecule has 2 saturated heterocycles. The van der Waals surface area contributed by atoms with Gasteiger partial charge in [0.2, 0.25) is 35.4 Å². The molecule has 2 aliphatic carbocycles. The first-order chi connectivity index (χ1) is 36.0. The molecule has 0 saturated carbocycles. The summed E-state index contributed by atoms with van der Waals surface area (Å²) in [6.07, 6.45) is 5.10. The van der Waals surface area contributed by atoms with Gasteiger partial charge in [-0.1, -0.05) is 102 Å². The third-order valence-electron chi connectivity index (χ3n) is 15.7. The van der Waals surface area contributed by atoms with Gasteiger partial charge in [0.05, 0.1) is 35.3 Å². The van der Waals surface area contributed by atoms with Gasteiger partial charge in [0, 0.05) is 25.2 Å². The Labute approximate surface area is 447 Å². The molecule has 8 N–H and O–H groups in total. The van der Waals surface area contributed by atoms with Gasteiger partial charge in [0.1, 0.15) is 24.2 Å². The van der Waals surface area contributed by atoms with E-state index in [-0.39, 0.29) is 72.8 Å². The van der Waals surface area contributed by atoms with E-state index >= 15 is 0 Å². The number of nitrogens with one attached hydrogen (secondary N) is 8. The second kappa shape index (κ2) is 24.1. The summed E-state index contributed by atoms with van der Waals surface area (Å²) in [5.74, 6) is -3.67. The van der Waals surface area contributed by atoms with E-state index in [1.165, 1.54) is 21.9 Å². The highest BCUT2D eigenvalue weighted by Gasteiger charge is 2.48. The molecule has 8 amide bonds. The molecule has 2 aliphatic heterocycles. The number of benzene rings is 3. The average molecular weight is 1050 g/mol. The molecule has 1 unspecified atom stereocenters. The molecule has 4 aliphatic rings. The normalized spacial score (nSPS) is 22.9. The summed E-state index contributed by atoms with van der Waals surface area (Å²) in [6.45, 7) is 14.3. The van der Waals surface area contributed by atoms with Crippen molar-refractivity contribution in [2.24, 2.45) is 10.8 Å². The summed E-state index contributed by atoms with van der Waals surface area (Å²) in [5, 5.41) is 24.1. The fraction of sp³-hybridized carbons (Fsp3) is 0.552. The quantitative estimate of drug-likeness (QED) is 0.103. The molecule has 10 atom stereocenters. The van der Waals surface area contributed by atoms with Crippen molar-refractivity contribution in [2.75, 3.05) is 27.2 Å². The second-order valence-corrected chi connectivity index (χ2v) is 23.3. The van der Waals surface area contributed by atoms with Crippen LogP contribution < -0.4 is 42.5 Å². The largest absolute Gasteiger partial charge is 0.347 e. The Bertz CT molecular complexity index is 2480. The number of nitrogens with zero attached hydrogens (tertiary/aromatic N) is 2. The number of hydrogen-bond acceptors (Lipinski definition) is 10. The molecule has 3 aromatic carbocycles. The minimum atomic E-state index is -1.02. The first-order valence-corrected chi connectivity index (χ1v) is 27.0. The molecule has 2 fully saturated rings. The maximum Gasteiger partial charge on any atom is 0.252 e. The first-order valence-electron chi connectivity index (χ1n) is 27.0. The highest BCUT2D eigenvalue weighted by molar-refractivity contribution is 6.07. The Morgan fingerprint density at radius 1 is 0.513 bits per heavy atom. The number of carbonyl (C=O) groups excluding carboxylic acids is 8. The molecular weight excluding hydrogens is 965 g/mol. The Morgan fingerprint density at radius 3 is 1.22 bits per heavy atom. The zero-order chi connectivity index (χ0) is 55.2. The smallest absolute Gasteiger partial charge is 0.252 e. The number of rotatable bonds is 16. The minimum absolute atomic E-state index is 0.0378. The molecular formula is C58H80N10O8. The van der Waals surface area contributed by atoms with E-state index in [9.17, 15) is 38.4 Å². The van der Waals surface area contributed by atoms with Gasteiger partial charge in [-0.3, -0.25) is 38.4 Å². The van der Waals surface area contributed by atoms with Crippen LogP contribution in [0.1, 0.15) is 149 Å².